The van der Waals surface area contributed by atoms with Crippen LogP contribution in [0.4, 0.5) is 4.39 Å². The van der Waals surface area contributed by atoms with Gasteiger partial charge in [-0.25, -0.2) is 19.0 Å². The number of imidazole rings is 1. The summed E-state index contributed by atoms with van der Waals surface area (Å²) in [6.45, 7) is 3.00. The van der Waals surface area contributed by atoms with Crippen LogP contribution in [0, 0.1) is 5.82 Å². The number of nitrogens with one attached hydrogen (secondary N) is 1. The monoisotopic (exact) mass is 416 g/mol. The van der Waals surface area contributed by atoms with Gasteiger partial charge in [-0.3, -0.25) is 0 Å². The second-order valence-electron chi connectivity index (χ2n) is 5.74. The zero-order chi connectivity index (χ0) is 17.6. The molecule has 0 bridgehead atoms. The zero-order valence-corrected chi connectivity index (χ0v) is 16.5. The van der Waals surface area contributed by atoms with Crippen LogP contribution in [-0.2, 0) is 19.6 Å². The lowest BCUT2D eigenvalue weighted by Gasteiger charge is -2.11. The predicted octanol–water partition coefficient (Wildman–Crippen LogP) is 3.22. The van der Waals surface area contributed by atoms with Crippen molar-refractivity contribution in [3.8, 4) is 5.75 Å². The summed E-state index contributed by atoms with van der Waals surface area (Å²) in [7, 11) is 0. The summed E-state index contributed by atoms with van der Waals surface area (Å²) in [4.78, 5) is 11.6. The molecule has 0 fully saturated rings. The Morgan fingerprint density at radius 3 is 2.63 bits per heavy atom. The molecule has 2 aromatic heterocycles. The van der Waals surface area contributed by atoms with Crippen molar-refractivity contribution < 1.29 is 9.13 Å². The molecule has 0 radical (unpaired) electrons. The van der Waals surface area contributed by atoms with E-state index in [9.17, 15) is 4.39 Å². The molecule has 0 spiro atoms. The predicted molar refractivity (Wildman–Crippen MR) is 105 cm³/mol. The van der Waals surface area contributed by atoms with E-state index in [-0.39, 0.29) is 43.3 Å². The molecule has 3 aromatic rings. The minimum Gasteiger partial charge on any atom is -0.486 e. The zero-order valence-electron chi connectivity index (χ0n) is 14.8. The fourth-order valence-corrected chi connectivity index (χ4v) is 2.52. The van der Waals surface area contributed by atoms with E-state index in [4.69, 9.17) is 10.5 Å². The Hall–Kier alpha value is -2.16. The number of aryl methyl sites for hydroxylation is 1. The van der Waals surface area contributed by atoms with Gasteiger partial charge in [-0.2, -0.15) is 5.10 Å². The maximum absolute atomic E-state index is 12.9. The maximum Gasteiger partial charge on any atom is 0.188 e. The number of nitrogens with two attached hydrogens (primary N) is 1. The number of H-pyrrole nitrogens is 1. The van der Waals surface area contributed by atoms with Gasteiger partial charge in [0, 0.05) is 24.9 Å². The SMILES string of the molecule is CCCn1nc(COc2ccc(F)cc2)nc1[C@@H](N)Cc1cnc[nH]1.Cl.Cl. The summed E-state index contributed by atoms with van der Waals surface area (Å²) in [6.07, 6.45) is 4.89. The molecule has 0 saturated heterocycles. The van der Waals surface area contributed by atoms with Gasteiger partial charge in [-0.15, -0.1) is 24.8 Å². The van der Waals surface area contributed by atoms with Gasteiger partial charge in [0.1, 0.15) is 24.0 Å². The summed E-state index contributed by atoms with van der Waals surface area (Å²) in [6, 6.07) is 5.56. The topological polar surface area (TPSA) is 94.6 Å². The van der Waals surface area contributed by atoms with Crippen LogP contribution < -0.4 is 10.5 Å². The second-order valence-corrected chi connectivity index (χ2v) is 5.74. The van der Waals surface area contributed by atoms with Crippen LogP contribution in [0.1, 0.15) is 36.7 Å². The third-order valence-corrected chi connectivity index (χ3v) is 3.69. The quantitative estimate of drug-likeness (QED) is 0.587. The second kappa shape index (κ2) is 10.9. The van der Waals surface area contributed by atoms with Crippen molar-refractivity contribution in [2.24, 2.45) is 5.73 Å². The smallest absolute Gasteiger partial charge is 0.188 e. The van der Waals surface area contributed by atoms with Crippen molar-refractivity contribution in [1.29, 1.82) is 0 Å². The van der Waals surface area contributed by atoms with Gasteiger partial charge >= 0.3 is 0 Å². The molecule has 0 aliphatic rings. The standard InChI is InChI=1S/C17H21FN6O.2ClH/c1-2-7-24-17(15(19)8-13-9-20-11-21-13)22-16(23-24)10-25-14-5-3-12(18)4-6-14;;/h3-6,9,11,15H,2,7-8,10,19H2,1H3,(H,20,21);2*1H/t15-;;/m0../s1. The van der Waals surface area contributed by atoms with Crippen LogP contribution in [0.2, 0.25) is 0 Å². The van der Waals surface area contributed by atoms with Crippen molar-refractivity contribution in [2.45, 2.75) is 39.0 Å². The average Bonchev–Trinajstić information content (AvgIpc) is 3.24. The Kier molecular flexibility index (Phi) is 9.20. The highest BCUT2D eigenvalue weighted by Gasteiger charge is 2.18. The molecule has 148 valence electrons. The van der Waals surface area contributed by atoms with E-state index in [1.807, 2.05) is 4.68 Å². The first-order valence-electron chi connectivity index (χ1n) is 8.20. The van der Waals surface area contributed by atoms with Gasteiger partial charge in [0.25, 0.3) is 0 Å². The Labute approximate surface area is 169 Å². The third-order valence-electron chi connectivity index (χ3n) is 3.69. The lowest BCUT2D eigenvalue weighted by atomic mass is 10.1. The van der Waals surface area contributed by atoms with Crippen LogP contribution in [0.15, 0.2) is 36.8 Å². The largest absolute Gasteiger partial charge is 0.486 e. The van der Waals surface area contributed by atoms with Gasteiger partial charge in [-0.05, 0) is 30.7 Å². The van der Waals surface area contributed by atoms with Crippen molar-refractivity contribution in [2.75, 3.05) is 0 Å². The molecule has 1 atom stereocenters. The van der Waals surface area contributed by atoms with Crippen molar-refractivity contribution in [3.05, 3.63) is 59.9 Å². The molecule has 10 heteroatoms. The van der Waals surface area contributed by atoms with E-state index >= 15 is 0 Å². The molecule has 0 saturated carbocycles. The molecule has 7 nitrogen and oxygen atoms in total. The third kappa shape index (κ3) is 6.20. The van der Waals surface area contributed by atoms with Crippen LogP contribution in [0.25, 0.3) is 0 Å². The van der Waals surface area contributed by atoms with Crippen LogP contribution in [0.3, 0.4) is 0 Å². The van der Waals surface area contributed by atoms with Gasteiger partial charge in [0.2, 0.25) is 0 Å². The number of aromatic amines is 1. The van der Waals surface area contributed by atoms with E-state index in [2.05, 4.69) is 27.0 Å². The highest BCUT2D eigenvalue weighted by atomic mass is 35.5. The number of hydrogen-bond acceptors (Lipinski definition) is 5. The van der Waals surface area contributed by atoms with Crippen molar-refractivity contribution in [3.63, 3.8) is 0 Å². The van der Waals surface area contributed by atoms with Gasteiger partial charge in [0.15, 0.2) is 5.82 Å². The molecule has 0 amide bonds. The minimum atomic E-state index is -0.301. The normalized spacial score (nSPS) is 11.4. The minimum absolute atomic E-state index is 0. The molecule has 3 N–H and O–H groups in total. The van der Waals surface area contributed by atoms with E-state index in [0.717, 1.165) is 18.7 Å². The summed E-state index contributed by atoms with van der Waals surface area (Å²) in [5, 5.41) is 4.48. The first-order valence-corrected chi connectivity index (χ1v) is 8.20. The summed E-state index contributed by atoms with van der Waals surface area (Å²) < 4.78 is 20.4. The number of nitrogens with zero attached hydrogens (tertiary/aromatic N) is 4. The molecular formula is C17H23Cl2FN6O. The Morgan fingerprint density at radius 1 is 1.26 bits per heavy atom. The first kappa shape index (κ1) is 22.9. The van der Waals surface area contributed by atoms with Crippen molar-refractivity contribution >= 4 is 24.8 Å². The number of benzene rings is 1. The lowest BCUT2D eigenvalue weighted by molar-refractivity contribution is 0.294. The Morgan fingerprint density at radius 2 is 2.00 bits per heavy atom. The van der Waals surface area contributed by atoms with Crippen LogP contribution in [0.5, 0.6) is 5.75 Å². The van der Waals surface area contributed by atoms with Gasteiger partial charge in [0.05, 0.1) is 12.4 Å². The molecule has 1 aromatic carbocycles. The molecule has 0 unspecified atom stereocenters. The molecule has 3 rings (SSSR count). The highest BCUT2D eigenvalue weighted by Crippen LogP contribution is 2.16. The summed E-state index contributed by atoms with van der Waals surface area (Å²) >= 11 is 0. The molecule has 2 heterocycles. The van der Waals surface area contributed by atoms with Crippen LogP contribution in [-0.4, -0.2) is 24.7 Å². The Balaban J connectivity index is 0.00000182. The fraction of sp³-hybridized carbons (Fsp3) is 0.353. The molecule has 0 aliphatic carbocycles. The van der Waals surface area contributed by atoms with E-state index in [1.54, 1.807) is 24.7 Å². The number of aromatic nitrogens is 5. The average molecular weight is 417 g/mol. The fourth-order valence-electron chi connectivity index (χ4n) is 2.52. The van der Waals surface area contributed by atoms with E-state index in [1.165, 1.54) is 12.1 Å². The van der Waals surface area contributed by atoms with Gasteiger partial charge in [-0.1, -0.05) is 6.92 Å². The summed E-state index contributed by atoms with van der Waals surface area (Å²) in [5.74, 6) is 1.53. The highest BCUT2D eigenvalue weighted by molar-refractivity contribution is 5.85. The Bertz CT molecular complexity index is 794. The van der Waals surface area contributed by atoms with Crippen LogP contribution >= 0.6 is 24.8 Å². The van der Waals surface area contributed by atoms with Gasteiger partial charge < -0.3 is 15.5 Å². The number of halogens is 3. The molecule has 0 aliphatic heterocycles. The van der Waals surface area contributed by atoms with E-state index in [0.29, 0.717) is 23.8 Å². The summed E-state index contributed by atoms with van der Waals surface area (Å²) in [5.41, 5.74) is 7.25. The van der Waals surface area contributed by atoms with E-state index < -0.39 is 0 Å². The lowest BCUT2D eigenvalue weighted by Crippen LogP contribution is -2.20. The van der Waals surface area contributed by atoms with Crippen molar-refractivity contribution in [1.82, 2.24) is 24.7 Å². The number of rotatable bonds is 8. The first-order chi connectivity index (χ1) is 12.2. The molecular weight excluding hydrogens is 394 g/mol. The molecule has 27 heavy (non-hydrogen) atoms. The number of ether oxygens (including phenoxy) is 1. The maximum atomic E-state index is 12.9. The number of hydrogen-bond donors (Lipinski definition) is 2.